The van der Waals surface area contributed by atoms with Gasteiger partial charge < -0.3 is 20.9 Å². The molecule has 2 heterocycles. The van der Waals surface area contributed by atoms with E-state index in [1.165, 1.54) is 11.1 Å². The Balaban J connectivity index is 1.62. The van der Waals surface area contributed by atoms with Crippen molar-refractivity contribution in [2.45, 2.75) is 95.3 Å². The van der Waals surface area contributed by atoms with Crippen LogP contribution in [0.25, 0.3) is 0 Å². The van der Waals surface area contributed by atoms with E-state index in [0.29, 0.717) is 6.42 Å². The smallest absolute Gasteiger partial charge is 0.246 e. The van der Waals surface area contributed by atoms with Crippen LogP contribution < -0.4 is 16.0 Å². The monoisotopic (exact) mass is 500 g/mol. The molecule has 8 heteroatoms. The molecular weight excluding hydrogens is 460 g/mol. The molecule has 1 aromatic carbocycles. The van der Waals surface area contributed by atoms with E-state index < -0.39 is 12.1 Å². The SMILES string of the molecule is CCC1(CC)C[C@@H]2SCC[C@H](NC(=O)[C@H](C)NC)C(=O)N2C1C(=O)N[C@@H]1CCCc2ccccc21. The number of amides is 3. The summed E-state index contributed by atoms with van der Waals surface area (Å²) in [7, 11) is 1.73. The largest absolute Gasteiger partial charge is 0.347 e. The number of hydrogen-bond acceptors (Lipinski definition) is 5. The second kappa shape index (κ2) is 10.9. The Morgan fingerprint density at radius 3 is 2.60 bits per heavy atom. The van der Waals surface area contributed by atoms with Gasteiger partial charge in [0.25, 0.3) is 0 Å². The molecule has 1 unspecified atom stereocenters. The third kappa shape index (κ3) is 4.96. The Labute approximate surface area is 213 Å². The molecule has 35 heavy (non-hydrogen) atoms. The third-order valence-corrected chi connectivity index (χ3v) is 9.75. The number of carbonyl (C=O) groups excluding carboxylic acids is 3. The van der Waals surface area contributed by atoms with Crippen molar-refractivity contribution < 1.29 is 14.4 Å². The molecule has 1 aliphatic carbocycles. The summed E-state index contributed by atoms with van der Waals surface area (Å²) in [6.45, 7) is 6.05. The molecule has 0 spiro atoms. The number of aryl methyl sites for hydroxylation is 1. The Kier molecular flexibility index (Phi) is 8.11. The number of rotatable bonds is 7. The minimum Gasteiger partial charge on any atom is -0.347 e. The van der Waals surface area contributed by atoms with Crippen molar-refractivity contribution in [2.24, 2.45) is 5.41 Å². The predicted molar refractivity (Wildman–Crippen MR) is 140 cm³/mol. The van der Waals surface area contributed by atoms with Gasteiger partial charge in [0.15, 0.2) is 0 Å². The van der Waals surface area contributed by atoms with Crippen molar-refractivity contribution in [1.29, 1.82) is 0 Å². The maximum Gasteiger partial charge on any atom is 0.246 e. The first kappa shape index (κ1) is 26.0. The zero-order valence-corrected chi connectivity index (χ0v) is 22.2. The minimum absolute atomic E-state index is 0.0281. The number of nitrogens with zero attached hydrogens (tertiary/aromatic N) is 1. The third-order valence-electron chi connectivity index (χ3n) is 8.50. The first-order valence-electron chi connectivity index (χ1n) is 13.1. The fourth-order valence-electron chi connectivity index (χ4n) is 6.10. The summed E-state index contributed by atoms with van der Waals surface area (Å²) in [6, 6.07) is 6.80. The van der Waals surface area contributed by atoms with Crippen LogP contribution >= 0.6 is 11.8 Å². The number of fused-ring (bicyclic) bond motifs is 2. The molecular formula is C27H40N4O3S. The molecule has 3 aliphatic rings. The van der Waals surface area contributed by atoms with Crippen molar-refractivity contribution in [3.63, 3.8) is 0 Å². The van der Waals surface area contributed by atoms with Gasteiger partial charge in [-0.15, -0.1) is 11.8 Å². The van der Waals surface area contributed by atoms with Gasteiger partial charge in [0.05, 0.1) is 17.5 Å². The van der Waals surface area contributed by atoms with Gasteiger partial charge in [-0.25, -0.2) is 0 Å². The fourth-order valence-corrected chi connectivity index (χ4v) is 7.58. The van der Waals surface area contributed by atoms with E-state index in [-0.39, 0.29) is 40.6 Å². The Bertz CT molecular complexity index is 950. The Hall–Kier alpha value is -2.06. The molecule has 4 rings (SSSR count). The normalized spacial score (nSPS) is 28.5. The van der Waals surface area contributed by atoms with E-state index in [1.54, 1.807) is 25.7 Å². The second-order valence-electron chi connectivity index (χ2n) is 10.3. The van der Waals surface area contributed by atoms with Crippen LogP contribution in [-0.2, 0) is 20.8 Å². The molecule has 2 aliphatic heterocycles. The molecule has 192 valence electrons. The average molecular weight is 501 g/mol. The number of hydrogen-bond donors (Lipinski definition) is 3. The van der Waals surface area contributed by atoms with Crippen LogP contribution in [0.1, 0.15) is 76.5 Å². The molecule has 1 aromatic rings. The number of benzene rings is 1. The highest BCUT2D eigenvalue weighted by atomic mass is 32.2. The van der Waals surface area contributed by atoms with Crippen molar-refractivity contribution in [1.82, 2.24) is 20.9 Å². The van der Waals surface area contributed by atoms with Crippen molar-refractivity contribution in [2.75, 3.05) is 12.8 Å². The van der Waals surface area contributed by atoms with Crippen LogP contribution in [0.15, 0.2) is 24.3 Å². The molecule has 0 bridgehead atoms. The van der Waals surface area contributed by atoms with E-state index >= 15 is 0 Å². The standard InChI is InChI=1S/C27H40N4O3S/c1-5-27(6-2)16-22-31(26(34)21(14-15-35-22)30-24(32)17(3)28-4)23(27)25(33)29-20-13-9-11-18-10-7-8-12-19(18)20/h7-8,10,12,17,20-23,28H,5-6,9,11,13-16H2,1-4H3,(H,29,33)(H,30,32)/t17-,20+,21-,22-,23?/m0/s1. The van der Waals surface area contributed by atoms with Gasteiger partial charge in [0, 0.05) is 5.41 Å². The zero-order chi connectivity index (χ0) is 25.2. The lowest BCUT2D eigenvalue weighted by molar-refractivity contribution is -0.144. The number of likely N-dealkylation sites (N-methyl/N-ethyl adjacent to an activating group) is 1. The fraction of sp³-hybridized carbons (Fsp3) is 0.667. The highest BCUT2D eigenvalue weighted by Crippen LogP contribution is 2.50. The lowest BCUT2D eigenvalue weighted by Gasteiger charge is -2.38. The number of carbonyl (C=O) groups is 3. The average Bonchev–Trinajstić information content (AvgIpc) is 3.14. The van der Waals surface area contributed by atoms with Gasteiger partial charge in [0.2, 0.25) is 17.7 Å². The van der Waals surface area contributed by atoms with E-state index in [9.17, 15) is 14.4 Å². The molecule has 0 aromatic heterocycles. The molecule has 5 atom stereocenters. The molecule has 3 amide bonds. The first-order chi connectivity index (χ1) is 16.8. The summed E-state index contributed by atoms with van der Waals surface area (Å²) in [5, 5.41) is 9.20. The predicted octanol–water partition coefficient (Wildman–Crippen LogP) is 3.14. The van der Waals surface area contributed by atoms with Crippen LogP contribution in [0.4, 0.5) is 0 Å². The summed E-state index contributed by atoms with van der Waals surface area (Å²) in [5.74, 6) is 0.414. The van der Waals surface area contributed by atoms with E-state index in [1.807, 2.05) is 11.0 Å². The van der Waals surface area contributed by atoms with Crippen LogP contribution in [0, 0.1) is 5.41 Å². The summed E-state index contributed by atoms with van der Waals surface area (Å²) in [4.78, 5) is 42.4. The summed E-state index contributed by atoms with van der Waals surface area (Å²) < 4.78 is 0. The Morgan fingerprint density at radius 1 is 1.14 bits per heavy atom. The first-order valence-corrected chi connectivity index (χ1v) is 14.2. The van der Waals surface area contributed by atoms with E-state index in [0.717, 1.165) is 44.3 Å². The van der Waals surface area contributed by atoms with Gasteiger partial charge in [0.1, 0.15) is 12.1 Å². The maximum atomic E-state index is 14.0. The van der Waals surface area contributed by atoms with Gasteiger partial charge in [-0.05, 0) is 75.8 Å². The Morgan fingerprint density at radius 2 is 1.89 bits per heavy atom. The second-order valence-corrected chi connectivity index (χ2v) is 11.5. The lowest BCUT2D eigenvalue weighted by Crippen LogP contribution is -2.58. The molecule has 0 saturated carbocycles. The van der Waals surface area contributed by atoms with Crippen molar-refractivity contribution in [3.05, 3.63) is 35.4 Å². The maximum absolute atomic E-state index is 14.0. The minimum atomic E-state index is -0.606. The molecule has 7 nitrogen and oxygen atoms in total. The van der Waals surface area contributed by atoms with Gasteiger partial charge in [-0.2, -0.15) is 0 Å². The molecule has 0 radical (unpaired) electrons. The van der Waals surface area contributed by atoms with Crippen LogP contribution in [-0.4, -0.2) is 58.9 Å². The topological polar surface area (TPSA) is 90.5 Å². The summed E-state index contributed by atoms with van der Waals surface area (Å²) in [5.41, 5.74) is 2.23. The highest BCUT2D eigenvalue weighted by molar-refractivity contribution is 7.99. The van der Waals surface area contributed by atoms with Crippen LogP contribution in [0.5, 0.6) is 0 Å². The number of nitrogens with one attached hydrogen (secondary N) is 3. The van der Waals surface area contributed by atoms with E-state index in [4.69, 9.17) is 0 Å². The van der Waals surface area contributed by atoms with Crippen molar-refractivity contribution >= 4 is 29.5 Å². The summed E-state index contributed by atoms with van der Waals surface area (Å²) >= 11 is 1.75. The van der Waals surface area contributed by atoms with Gasteiger partial charge in [-0.3, -0.25) is 14.4 Å². The van der Waals surface area contributed by atoms with Gasteiger partial charge >= 0.3 is 0 Å². The summed E-state index contributed by atoms with van der Waals surface area (Å²) in [6.07, 6.45) is 6.04. The molecule has 3 N–H and O–H groups in total. The van der Waals surface area contributed by atoms with Gasteiger partial charge in [-0.1, -0.05) is 38.1 Å². The van der Waals surface area contributed by atoms with Crippen LogP contribution in [0.2, 0.25) is 0 Å². The van der Waals surface area contributed by atoms with Crippen LogP contribution in [0.3, 0.4) is 0 Å². The lowest BCUT2D eigenvalue weighted by atomic mass is 9.74. The molecule has 2 fully saturated rings. The van der Waals surface area contributed by atoms with E-state index in [2.05, 4.69) is 48.0 Å². The highest BCUT2D eigenvalue weighted by Gasteiger charge is 2.57. The quantitative estimate of drug-likeness (QED) is 0.535. The zero-order valence-electron chi connectivity index (χ0n) is 21.4. The number of thioether (sulfide) groups is 1. The molecule has 2 saturated heterocycles. The van der Waals surface area contributed by atoms with Crippen molar-refractivity contribution in [3.8, 4) is 0 Å².